The van der Waals surface area contributed by atoms with Gasteiger partial charge in [0.15, 0.2) is 0 Å². The van der Waals surface area contributed by atoms with E-state index in [4.69, 9.17) is 4.74 Å². The Bertz CT molecular complexity index is 806. The Morgan fingerprint density at radius 3 is 2.70 bits per heavy atom. The van der Waals surface area contributed by atoms with Gasteiger partial charge in [-0.3, -0.25) is 4.79 Å². The minimum absolute atomic E-state index is 0.0325. The van der Waals surface area contributed by atoms with Crippen molar-refractivity contribution >= 4 is 23.3 Å². The van der Waals surface area contributed by atoms with Crippen LogP contribution >= 0.6 is 11.3 Å². The van der Waals surface area contributed by atoms with Crippen LogP contribution in [0.2, 0.25) is 0 Å². The Labute approximate surface area is 162 Å². The third-order valence-corrected chi connectivity index (χ3v) is 6.28. The number of carbonyl (C=O) groups excluding carboxylic acids is 2. The monoisotopic (exact) mass is 385 g/mol. The van der Waals surface area contributed by atoms with E-state index in [1.165, 1.54) is 11.3 Å². The smallest absolute Gasteiger partial charge is 0.317 e. The van der Waals surface area contributed by atoms with Crippen LogP contribution in [0.5, 0.6) is 5.75 Å². The third kappa shape index (κ3) is 3.78. The van der Waals surface area contributed by atoms with Crippen molar-refractivity contribution in [2.24, 2.45) is 5.92 Å². The molecule has 1 aliphatic heterocycles. The second kappa shape index (κ2) is 7.60. The molecule has 2 N–H and O–H groups in total. The Balaban J connectivity index is 1.33. The first kappa shape index (κ1) is 17.9. The molecule has 2 fully saturated rings. The van der Waals surface area contributed by atoms with Gasteiger partial charge in [0.1, 0.15) is 5.75 Å². The van der Waals surface area contributed by atoms with E-state index in [-0.39, 0.29) is 24.0 Å². The summed E-state index contributed by atoms with van der Waals surface area (Å²) < 4.78 is 5.15. The number of urea groups is 1. The van der Waals surface area contributed by atoms with Gasteiger partial charge < -0.3 is 20.3 Å². The second-order valence-corrected chi connectivity index (χ2v) is 8.07. The van der Waals surface area contributed by atoms with Crippen LogP contribution in [0.1, 0.15) is 28.1 Å². The summed E-state index contributed by atoms with van der Waals surface area (Å²) in [4.78, 5) is 27.6. The summed E-state index contributed by atoms with van der Waals surface area (Å²) in [6, 6.07) is 11.4. The highest BCUT2D eigenvalue weighted by molar-refractivity contribution is 7.12. The standard InChI is InChI=1S/C20H23N3O3S/c1-26-15-6-4-13(5-7-15)11-21-20(25)23-12-14-9-16(17(23)10-14)22-19(24)18-3-2-8-27-18/h2-8,14,16-17H,9-12H2,1H3,(H,21,25)(H,22,24)/t14-,16+,17-/m1/s1. The van der Waals surface area contributed by atoms with Crippen molar-refractivity contribution in [1.29, 1.82) is 0 Å². The van der Waals surface area contributed by atoms with E-state index in [1.807, 2.05) is 46.7 Å². The maximum atomic E-state index is 12.7. The Morgan fingerprint density at radius 2 is 2.04 bits per heavy atom. The molecule has 2 heterocycles. The summed E-state index contributed by atoms with van der Waals surface area (Å²) in [6.45, 7) is 1.24. The van der Waals surface area contributed by atoms with Gasteiger partial charge in [-0.2, -0.15) is 0 Å². The Morgan fingerprint density at radius 1 is 1.22 bits per heavy atom. The molecule has 1 saturated heterocycles. The summed E-state index contributed by atoms with van der Waals surface area (Å²) >= 11 is 1.44. The fourth-order valence-corrected chi connectivity index (χ4v) is 4.71. The molecule has 3 atom stereocenters. The zero-order valence-electron chi connectivity index (χ0n) is 15.2. The fraction of sp³-hybridized carbons (Fsp3) is 0.400. The third-order valence-electron chi connectivity index (χ3n) is 5.41. The molecule has 3 amide bonds. The molecule has 2 bridgehead atoms. The van der Waals surface area contributed by atoms with Crippen LogP contribution in [0.25, 0.3) is 0 Å². The second-order valence-electron chi connectivity index (χ2n) is 7.12. The molecule has 7 heteroatoms. The fourth-order valence-electron chi connectivity index (χ4n) is 4.08. The first-order valence-corrected chi connectivity index (χ1v) is 10.0. The molecule has 0 spiro atoms. The molecule has 0 unspecified atom stereocenters. The largest absolute Gasteiger partial charge is 0.497 e. The normalized spacial score (nSPS) is 23.3. The summed E-state index contributed by atoms with van der Waals surface area (Å²) in [5.74, 6) is 1.22. The van der Waals surface area contributed by atoms with E-state index in [0.29, 0.717) is 17.3 Å². The van der Waals surface area contributed by atoms with Crippen LogP contribution in [0, 0.1) is 5.92 Å². The number of ether oxygens (including phenoxy) is 1. The number of carbonyl (C=O) groups is 2. The van der Waals surface area contributed by atoms with Crippen molar-refractivity contribution in [2.45, 2.75) is 31.5 Å². The van der Waals surface area contributed by atoms with Gasteiger partial charge in [0.2, 0.25) is 0 Å². The molecule has 1 aliphatic carbocycles. The van der Waals surface area contributed by atoms with Gasteiger partial charge in [-0.15, -0.1) is 11.3 Å². The van der Waals surface area contributed by atoms with Crippen molar-refractivity contribution in [3.05, 3.63) is 52.2 Å². The lowest BCUT2D eigenvalue weighted by Gasteiger charge is -2.33. The van der Waals surface area contributed by atoms with Crippen LogP contribution in [0.4, 0.5) is 4.79 Å². The summed E-state index contributed by atoms with van der Waals surface area (Å²) in [5.41, 5.74) is 1.02. The Hall–Kier alpha value is -2.54. The molecule has 142 valence electrons. The van der Waals surface area contributed by atoms with Gasteiger partial charge >= 0.3 is 6.03 Å². The lowest BCUT2D eigenvalue weighted by atomic mass is 10.1. The molecule has 4 rings (SSSR count). The number of fused-ring (bicyclic) bond motifs is 2. The minimum Gasteiger partial charge on any atom is -0.497 e. The van der Waals surface area contributed by atoms with Crippen LogP contribution in [-0.2, 0) is 6.54 Å². The van der Waals surface area contributed by atoms with E-state index in [9.17, 15) is 9.59 Å². The number of amides is 3. The van der Waals surface area contributed by atoms with Gasteiger partial charge in [0.25, 0.3) is 5.91 Å². The van der Waals surface area contributed by atoms with E-state index >= 15 is 0 Å². The average Bonchev–Trinajstić information content (AvgIpc) is 3.43. The van der Waals surface area contributed by atoms with Crippen LogP contribution < -0.4 is 15.4 Å². The highest BCUT2D eigenvalue weighted by atomic mass is 32.1. The van der Waals surface area contributed by atoms with Gasteiger partial charge in [0.05, 0.1) is 24.1 Å². The van der Waals surface area contributed by atoms with Crippen molar-refractivity contribution in [3.63, 3.8) is 0 Å². The average molecular weight is 385 g/mol. The maximum absolute atomic E-state index is 12.7. The molecule has 6 nitrogen and oxygen atoms in total. The van der Waals surface area contributed by atoms with E-state index in [0.717, 1.165) is 30.7 Å². The molecule has 2 aliphatic rings. The lowest BCUT2D eigenvalue weighted by molar-refractivity contribution is 0.0906. The lowest BCUT2D eigenvalue weighted by Crippen LogP contribution is -2.54. The van der Waals surface area contributed by atoms with Gasteiger partial charge in [-0.05, 0) is 47.9 Å². The number of hydrogen-bond donors (Lipinski definition) is 2. The number of nitrogens with zero attached hydrogens (tertiary/aromatic N) is 1. The molecule has 1 aromatic heterocycles. The number of benzene rings is 1. The van der Waals surface area contributed by atoms with Gasteiger partial charge in [0, 0.05) is 13.1 Å². The van der Waals surface area contributed by atoms with E-state index in [2.05, 4.69) is 10.6 Å². The summed E-state index contributed by atoms with van der Waals surface area (Å²) in [7, 11) is 1.63. The topological polar surface area (TPSA) is 70.7 Å². The van der Waals surface area contributed by atoms with Gasteiger partial charge in [-0.1, -0.05) is 18.2 Å². The predicted molar refractivity (Wildman–Crippen MR) is 104 cm³/mol. The van der Waals surface area contributed by atoms with Crippen LogP contribution in [0.15, 0.2) is 41.8 Å². The SMILES string of the molecule is COc1ccc(CNC(=O)N2C[C@@H]3C[C@H](NC(=O)c4cccs4)[C@H]2C3)cc1. The number of hydrogen-bond acceptors (Lipinski definition) is 4. The molecule has 1 aromatic carbocycles. The zero-order valence-corrected chi connectivity index (χ0v) is 16.0. The first-order chi connectivity index (χ1) is 13.1. The van der Waals surface area contributed by atoms with Crippen molar-refractivity contribution in [2.75, 3.05) is 13.7 Å². The number of thiophene rings is 1. The van der Waals surface area contributed by atoms with Crippen molar-refractivity contribution < 1.29 is 14.3 Å². The van der Waals surface area contributed by atoms with Crippen molar-refractivity contribution in [1.82, 2.24) is 15.5 Å². The predicted octanol–water partition coefficient (Wildman–Crippen LogP) is 2.86. The van der Waals surface area contributed by atoms with E-state index in [1.54, 1.807) is 7.11 Å². The minimum atomic E-state index is -0.0617. The van der Waals surface area contributed by atoms with Crippen molar-refractivity contribution in [3.8, 4) is 5.75 Å². The number of nitrogens with one attached hydrogen (secondary N) is 2. The molecule has 27 heavy (non-hydrogen) atoms. The Kier molecular flexibility index (Phi) is 5.03. The molecule has 0 radical (unpaired) electrons. The summed E-state index contributed by atoms with van der Waals surface area (Å²) in [6.07, 6.45) is 1.91. The number of likely N-dealkylation sites (tertiary alicyclic amines) is 1. The maximum Gasteiger partial charge on any atom is 0.317 e. The first-order valence-electron chi connectivity index (χ1n) is 9.16. The zero-order chi connectivity index (χ0) is 18.8. The van der Waals surface area contributed by atoms with Gasteiger partial charge in [-0.25, -0.2) is 4.79 Å². The van der Waals surface area contributed by atoms with Crippen LogP contribution in [0.3, 0.4) is 0 Å². The van der Waals surface area contributed by atoms with Crippen LogP contribution in [-0.4, -0.2) is 42.6 Å². The highest BCUT2D eigenvalue weighted by Gasteiger charge is 2.47. The quantitative estimate of drug-likeness (QED) is 0.831. The summed E-state index contributed by atoms with van der Waals surface area (Å²) in [5, 5.41) is 8.02. The van der Waals surface area contributed by atoms with E-state index < -0.39 is 0 Å². The molecule has 1 saturated carbocycles. The number of rotatable bonds is 5. The number of piperidine rings is 1. The number of methoxy groups -OCH3 is 1. The molecular weight excluding hydrogens is 362 g/mol. The molecular formula is C20H23N3O3S. The molecule has 2 aromatic rings. The highest BCUT2D eigenvalue weighted by Crippen LogP contribution is 2.38.